The number of hydrogen-bond acceptors (Lipinski definition) is 4. The number of nitrogens with zero attached hydrogens (tertiary/aromatic N) is 1. The number of nitrogens with one attached hydrogen (secondary N) is 1. The van der Waals surface area contributed by atoms with Gasteiger partial charge >= 0.3 is 6.09 Å². The Morgan fingerprint density at radius 3 is 2.72 bits per heavy atom. The van der Waals surface area contributed by atoms with E-state index in [0.717, 1.165) is 25.9 Å². The molecule has 2 rings (SSSR count). The Morgan fingerprint density at radius 2 is 2.22 bits per heavy atom. The monoisotopic (exact) mass is 272 g/mol. The molecule has 0 aromatic carbocycles. The van der Waals surface area contributed by atoms with E-state index in [9.17, 15) is 4.79 Å². The van der Waals surface area contributed by atoms with Crippen molar-refractivity contribution in [1.29, 1.82) is 0 Å². The molecule has 2 heterocycles. The average Bonchev–Trinajstić information content (AvgIpc) is 2.63. The largest absolute Gasteiger partial charge is 0.444 e. The smallest absolute Gasteiger partial charge is 0.410 e. The van der Waals surface area contributed by atoms with Crippen LogP contribution in [0.5, 0.6) is 0 Å². The van der Waals surface area contributed by atoms with Crippen LogP contribution in [0.1, 0.15) is 40.5 Å². The molecule has 18 heavy (non-hydrogen) atoms. The number of amides is 1. The summed E-state index contributed by atoms with van der Waals surface area (Å²) in [5.41, 5.74) is -0.410. The van der Waals surface area contributed by atoms with E-state index in [2.05, 4.69) is 12.2 Å². The molecule has 1 spiro atoms. The van der Waals surface area contributed by atoms with Crippen molar-refractivity contribution in [3.63, 3.8) is 0 Å². The van der Waals surface area contributed by atoms with Crippen molar-refractivity contribution in [1.82, 2.24) is 10.2 Å². The number of carbonyl (C=O) groups is 1. The second kappa shape index (κ2) is 4.93. The van der Waals surface area contributed by atoms with Crippen molar-refractivity contribution < 1.29 is 9.53 Å². The lowest BCUT2D eigenvalue weighted by Crippen LogP contribution is -2.54. The van der Waals surface area contributed by atoms with Crippen LogP contribution >= 0.6 is 11.8 Å². The van der Waals surface area contributed by atoms with Gasteiger partial charge in [-0.2, -0.15) is 0 Å². The van der Waals surface area contributed by atoms with E-state index >= 15 is 0 Å². The SMILES string of the molecule is CC1CC2(CCN1C(=O)OC(C)(C)C)NCCS2. The lowest BCUT2D eigenvalue weighted by atomic mass is 9.98. The Hall–Kier alpha value is -0.420. The van der Waals surface area contributed by atoms with Crippen LogP contribution < -0.4 is 5.32 Å². The zero-order valence-electron chi connectivity index (χ0n) is 11.8. The number of piperidine rings is 1. The summed E-state index contributed by atoms with van der Waals surface area (Å²) >= 11 is 2.01. The quantitative estimate of drug-likeness (QED) is 0.735. The minimum atomic E-state index is -0.410. The molecule has 1 N–H and O–H groups in total. The Balaban J connectivity index is 1.95. The highest BCUT2D eigenvalue weighted by Gasteiger charge is 2.42. The Kier molecular flexibility index (Phi) is 3.83. The average molecular weight is 272 g/mol. The molecule has 2 fully saturated rings. The van der Waals surface area contributed by atoms with E-state index < -0.39 is 5.60 Å². The van der Waals surface area contributed by atoms with Gasteiger partial charge in [-0.15, -0.1) is 11.8 Å². The minimum absolute atomic E-state index is 0.173. The van der Waals surface area contributed by atoms with E-state index in [-0.39, 0.29) is 17.0 Å². The predicted molar refractivity (Wildman–Crippen MR) is 74.8 cm³/mol. The molecule has 0 aromatic rings. The molecule has 0 aromatic heterocycles. The summed E-state index contributed by atoms with van der Waals surface area (Å²) in [4.78, 5) is 14.2. The van der Waals surface area contributed by atoms with Gasteiger partial charge in [-0.05, 0) is 40.5 Å². The molecule has 2 aliphatic rings. The lowest BCUT2D eigenvalue weighted by Gasteiger charge is -2.43. The zero-order chi connectivity index (χ0) is 13.4. The highest BCUT2D eigenvalue weighted by molar-refractivity contribution is 8.00. The second-order valence-corrected chi connectivity index (χ2v) is 7.72. The van der Waals surface area contributed by atoms with Crippen molar-refractivity contribution in [2.45, 2.75) is 57.1 Å². The third kappa shape index (κ3) is 3.12. The molecule has 2 atom stereocenters. The molecule has 2 unspecified atom stereocenters. The van der Waals surface area contributed by atoms with Gasteiger partial charge in [-0.3, -0.25) is 0 Å². The molecule has 0 saturated carbocycles. The molecular formula is C13H24N2O2S. The first kappa shape index (κ1) is 14.0. The number of hydrogen-bond donors (Lipinski definition) is 1. The lowest BCUT2D eigenvalue weighted by molar-refractivity contribution is 0.00821. The fourth-order valence-corrected chi connectivity index (χ4v) is 4.06. The third-order valence-corrected chi connectivity index (χ3v) is 4.95. The summed E-state index contributed by atoms with van der Waals surface area (Å²) in [6.45, 7) is 9.73. The molecule has 0 radical (unpaired) electrons. The van der Waals surface area contributed by atoms with Gasteiger partial charge in [0.15, 0.2) is 0 Å². The van der Waals surface area contributed by atoms with Gasteiger partial charge in [0.1, 0.15) is 5.60 Å². The van der Waals surface area contributed by atoms with Gasteiger partial charge < -0.3 is 15.0 Å². The van der Waals surface area contributed by atoms with Crippen molar-refractivity contribution in [2.75, 3.05) is 18.8 Å². The summed E-state index contributed by atoms with van der Waals surface area (Å²) in [6.07, 6.45) is 1.85. The fourth-order valence-electron chi connectivity index (χ4n) is 2.67. The molecule has 1 amide bonds. The number of thioether (sulfide) groups is 1. The first-order valence-corrected chi connectivity index (χ1v) is 7.69. The van der Waals surface area contributed by atoms with Gasteiger partial charge in [0.2, 0.25) is 0 Å². The number of carbonyl (C=O) groups excluding carboxylic acids is 1. The van der Waals surface area contributed by atoms with E-state index in [1.165, 1.54) is 5.75 Å². The van der Waals surface area contributed by atoms with Crippen LogP contribution in [0.25, 0.3) is 0 Å². The van der Waals surface area contributed by atoms with Gasteiger partial charge in [-0.1, -0.05) is 0 Å². The first-order chi connectivity index (χ1) is 8.31. The highest BCUT2D eigenvalue weighted by Crippen LogP contribution is 2.39. The molecule has 0 bridgehead atoms. The van der Waals surface area contributed by atoms with E-state index in [1.807, 2.05) is 37.4 Å². The van der Waals surface area contributed by atoms with Crippen LogP contribution in [0, 0.1) is 0 Å². The van der Waals surface area contributed by atoms with Gasteiger partial charge in [-0.25, -0.2) is 4.79 Å². The molecule has 2 saturated heterocycles. The second-order valence-electron chi connectivity index (χ2n) is 6.25. The van der Waals surface area contributed by atoms with Crippen molar-refractivity contribution in [3.8, 4) is 0 Å². The maximum atomic E-state index is 12.1. The third-order valence-electron chi connectivity index (χ3n) is 3.47. The summed E-state index contributed by atoms with van der Waals surface area (Å²) in [5, 5.41) is 3.59. The molecule has 2 aliphatic heterocycles. The van der Waals surface area contributed by atoms with E-state index in [1.54, 1.807) is 0 Å². The number of rotatable bonds is 0. The highest BCUT2D eigenvalue weighted by atomic mass is 32.2. The van der Waals surface area contributed by atoms with Crippen molar-refractivity contribution in [3.05, 3.63) is 0 Å². The van der Waals surface area contributed by atoms with Gasteiger partial charge in [0, 0.05) is 24.9 Å². The normalized spacial score (nSPS) is 32.9. The fraction of sp³-hybridized carbons (Fsp3) is 0.923. The Bertz CT molecular complexity index is 321. The van der Waals surface area contributed by atoms with E-state index in [4.69, 9.17) is 4.74 Å². The molecule has 4 nitrogen and oxygen atoms in total. The molecule has 0 aliphatic carbocycles. The van der Waals surface area contributed by atoms with Crippen LogP contribution in [0.3, 0.4) is 0 Å². The maximum Gasteiger partial charge on any atom is 0.410 e. The topological polar surface area (TPSA) is 41.6 Å². The molecule has 104 valence electrons. The zero-order valence-corrected chi connectivity index (χ0v) is 12.6. The predicted octanol–water partition coefficient (Wildman–Crippen LogP) is 2.44. The van der Waals surface area contributed by atoms with E-state index in [0.29, 0.717) is 0 Å². The standard InChI is InChI=1S/C13H24N2O2S/c1-10-9-13(14-6-8-18-13)5-7-15(10)11(16)17-12(2,3)4/h10,14H,5-9H2,1-4H3. The molecule has 5 heteroatoms. The van der Waals surface area contributed by atoms with Crippen LogP contribution in [0.15, 0.2) is 0 Å². The van der Waals surface area contributed by atoms with Crippen LogP contribution in [-0.4, -0.2) is 46.3 Å². The van der Waals surface area contributed by atoms with Crippen LogP contribution in [-0.2, 0) is 4.74 Å². The summed E-state index contributed by atoms with van der Waals surface area (Å²) in [6, 6.07) is 0.242. The Morgan fingerprint density at radius 1 is 1.50 bits per heavy atom. The van der Waals surface area contributed by atoms with Crippen LogP contribution in [0.4, 0.5) is 4.79 Å². The molecular weight excluding hydrogens is 248 g/mol. The Labute approximate surface area is 114 Å². The minimum Gasteiger partial charge on any atom is -0.444 e. The number of ether oxygens (including phenoxy) is 1. The first-order valence-electron chi connectivity index (χ1n) is 6.70. The number of likely N-dealkylation sites (tertiary alicyclic amines) is 1. The van der Waals surface area contributed by atoms with Gasteiger partial charge in [0.05, 0.1) is 4.87 Å². The summed E-state index contributed by atoms with van der Waals surface area (Å²) in [5.74, 6) is 1.18. The van der Waals surface area contributed by atoms with Crippen molar-refractivity contribution in [2.24, 2.45) is 0 Å². The maximum absolute atomic E-state index is 12.1. The van der Waals surface area contributed by atoms with Crippen LogP contribution in [0.2, 0.25) is 0 Å². The van der Waals surface area contributed by atoms with Crippen molar-refractivity contribution >= 4 is 17.9 Å². The summed E-state index contributed by atoms with van der Waals surface area (Å²) in [7, 11) is 0. The van der Waals surface area contributed by atoms with Gasteiger partial charge in [0.25, 0.3) is 0 Å². The summed E-state index contributed by atoms with van der Waals surface area (Å²) < 4.78 is 5.46.